The highest BCUT2D eigenvalue weighted by atomic mass is 35.5. The summed E-state index contributed by atoms with van der Waals surface area (Å²) in [6.07, 6.45) is 0. The minimum Gasteiger partial charge on any atom is -0.318 e. The van der Waals surface area contributed by atoms with Crippen LogP contribution in [0.25, 0.3) is 0 Å². The van der Waals surface area contributed by atoms with Crippen LogP contribution >= 0.6 is 23.2 Å². The SMILES string of the molecule is Cc1ccc(N2C(=O)[C@@H](N)[C@@H]2c2ccc(Cl)cc2Cl)cc1. The largest absolute Gasteiger partial charge is 0.318 e. The third-order valence-corrected chi connectivity index (χ3v) is 4.30. The van der Waals surface area contributed by atoms with E-state index in [1.165, 1.54) is 0 Å². The Labute approximate surface area is 133 Å². The summed E-state index contributed by atoms with van der Waals surface area (Å²) in [7, 11) is 0. The standard InChI is InChI=1S/C16H14Cl2N2O/c1-9-2-5-11(6-3-9)20-15(14(19)16(20)21)12-7-4-10(17)8-13(12)18/h2-8,14-15H,19H2,1H3/t14-,15-/m0/s1. The molecule has 1 aliphatic rings. The number of hydrogen-bond donors (Lipinski definition) is 1. The molecule has 1 heterocycles. The summed E-state index contributed by atoms with van der Waals surface area (Å²) in [5.74, 6) is -0.102. The highest BCUT2D eigenvalue weighted by Crippen LogP contribution is 2.41. The highest BCUT2D eigenvalue weighted by Gasteiger charge is 2.47. The van der Waals surface area contributed by atoms with Crippen LogP contribution in [0.5, 0.6) is 0 Å². The molecule has 0 unspecified atom stereocenters. The maximum Gasteiger partial charge on any atom is 0.247 e. The summed E-state index contributed by atoms with van der Waals surface area (Å²) < 4.78 is 0. The van der Waals surface area contributed by atoms with Crippen LogP contribution in [-0.2, 0) is 4.79 Å². The van der Waals surface area contributed by atoms with Crippen LogP contribution in [0.4, 0.5) is 5.69 Å². The van der Waals surface area contributed by atoms with E-state index in [2.05, 4.69) is 0 Å². The smallest absolute Gasteiger partial charge is 0.247 e. The lowest BCUT2D eigenvalue weighted by Gasteiger charge is -2.46. The lowest BCUT2D eigenvalue weighted by Crippen LogP contribution is -2.63. The number of amides is 1. The average molecular weight is 321 g/mol. The number of carbonyl (C=O) groups excluding carboxylic acids is 1. The predicted molar refractivity (Wildman–Crippen MR) is 85.8 cm³/mol. The first-order valence-electron chi connectivity index (χ1n) is 6.59. The van der Waals surface area contributed by atoms with Crippen LogP contribution in [0.15, 0.2) is 42.5 Å². The van der Waals surface area contributed by atoms with E-state index in [0.29, 0.717) is 10.0 Å². The third-order valence-electron chi connectivity index (χ3n) is 3.73. The minimum absolute atomic E-state index is 0.102. The maximum absolute atomic E-state index is 12.1. The van der Waals surface area contributed by atoms with Crippen molar-refractivity contribution in [2.45, 2.75) is 19.0 Å². The maximum atomic E-state index is 12.1. The molecule has 1 saturated heterocycles. The van der Waals surface area contributed by atoms with Gasteiger partial charge in [0.1, 0.15) is 6.04 Å². The number of hydrogen-bond acceptors (Lipinski definition) is 2. The first-order chi connectivity index (χ1) is 9.99. The molecule has 2 aromatic carbocycles. The second kappa shape index (κ2) is 5.34. The zero-order valence-electron chi connectivity index (χ0n) is 11.4. The molecule has 3 nitrogen and oxygen atoms in total. The van der Waals surface area contributed by atoms with Gasteiger partial charge in [0.05, 0.1) is 6.04 Å². The summed E-state index contributed by atoms with van der Waals surface area (Å²) in [4.78, 5) is 13.8. The molecule has 0 spiro atoms. The topological polar surface area (TPSA) is 46.3 Å². The number of aryl methyl sites for hydroxylation is 1. The Bertz CT molecular complexity index is 700. The summed E-state index contributed by atoms with van der Waals surface area (Å²) in [5, 5.41) is 1.08. The van der Waals surface area contributed by atoms with Crippen molar-refractivity contribution in [3.8, 4) is 0 Å². The molecule has 0 radical (unpaired) electrons. The van der Waals surface area contributed by atoms with Gasteiger partial charge in [-0.25, -0.2) is 0 Å². The third kappa shape index (κ3) is 2.42. The van der Waals surface area contributed by atoms with Gasteiger partial charge in [-0.3, -0.25) is 4.79 Å². The first-order valence-corrected chi connectivity index (χ1v) is 7.35. The molecular weight excluding hydrogens is 307 g/mol. The van der Waals surface area contributed by atoms with Gasteiger partial charge in [-0.05, 0) is 36.8 Å². The number of halogens is 2. The molecule has 2 N–H and O–H groups in total. The molecular formula is C16H14Cl2N2O. The van der Waals surface area contributed by atoms with Crippen LogP contribution in [0.1, 0.15) is 17.2 Å². The van der Waals surface area contributed by atoms with Gasteiger partial charge in [0.25, 0.3) is 0 Å². The first kappa shape index (κ1) is 14.4. The Morgan fingerprint density at radius 1 is 1.10 bits per heavy atom. The predicted octanol–water partition coefficient (Wildman–Crippen LogP) is 3.72. The van der Waals surface area contributed by atoms with Crippen LogP contribution in [0, 0.1) is 6.92 Å². The molecule has 2 atom stereocenters. The van der Waals surface area contributed by atoms with Gasteiger partial charge in [0, 0.05) is 15.7 Å². The van der Waals surface area contributed by atoms with Crippen molar-refractivity contribution in [1.29, 1.82) is 0 Å². The van der Waals surface area contributed by atoms with E-state index in [9.17, 15) is 4.79 Å². The normalized spacial score (nSPS) is 21.3. The molecule has 0 saturated carbocycles. The van der Waals surface area contributed by atoms with E-state index in [4.69, 9.17) is 28.9 Å². The summed E-state index contributed by atoms with van der Waals surface area (Å²) in [5.41, 5.74) is 8.75. The molecule has 108 valence electrons. The number of anilines is 1. The second-order valence-electron chi connectivity index (χ2n) is 5.18. The summed E-state index contributed by atoms with van der Waals surface area (Å²) >= 11 is 12.2. The average Bonchev–Trinajstić information content (AvgIpc) is 2.46. The molecule has 2 aromatic rings. The van der Waals surface area contributed by atoms with Crippen molar-refractivity contribution in [2.24, 2.45) is 5.73 Å². The molecule has 1 fully saturated rings. The van der Waals surface area contributed by atoms with Gasteiger partial charge in [-0.2, -0.15) is 0 Å². The number of rotatable bonds is 2. The van der Waals surface area contributed by atoms with E-state index in [1.54, 1.807) is 17.0 Å². The Morgan fingerprint density at radius 2 is 1.76 bits per heavy atom. The van der Waals surface area contributed by atoms with Crippen LogP contribution < -0.4 is 10.6 Å². The van der Waals surface area contributed by atoms with Crippen molar-refractivity contribution in [3.05, 3.63) is 63.6 Å². The number of nitrogens with two attached hydrogens (primary N) is 1. The number of nitrogens with zero attached hydrogens (tertiary/aromatic N) is 1. The van der Waals surface area contributed by atoms with E-state index >= 15 is 0 Å². The van der Waals surface area contributed by atoms with Crippen molar-refractivity contribution in [2.75, 3.05) is 4.90 Å². The number of β-lactam (4-membered cyclic amide) rings is 1. The van der Waals surface area contributed by atoms with Gasteiger partial charge >= 0.3 is 0 Å². The number of benzene rings is 2. The fourth-order valence-corrected chi connectivity index (χ4v) is 3.10. The summed E-state index contributed by atoms with van der Waals surface area (Å²) in [6.45, 7) is 2.00. The molecule has 5 heteroatoms. The molecule has 1 amide bonds. The van der Waals surface area contributed by atoms with E-state index < -0.39 is 6.04 Å². The van der Waals surface area contributed by atoms with Gasteiger partial charge in [0.2, 0.25) is 5.91 Å². The van der Waals surface area contributed by atoms with E-state index in [-0.39, 0.29) is 11.9 Å². The lowest BCUT2D eigenvalue weighted by molar-refractivity contribution is -0.126. The number of carbonyl (C=O) groups is 1. The minimum atomic E-state index is -0.579. The second-order valence-corrected chi connectivity index (χ2v) is 6.02. The van der Waals surface area contributed by atoms with Gasteiger partial charge < -0.3 is 10.6 Å². The zero-order valence-corrected chi connectivity index (χ0v) is 12.9. The quantitative estimate of drug-likeness (QED) is 0.857. The molecule has 21 heavy (non-hydrogen) atoms. The Morgan fingerprint density at radius 3 is 2.38 bits per heavy atom. The molecule has 0 aromatic heterocycles. The fourth-order valence-electron chi connectivity index (χ4n) is 2.58. The van der Waals surface area contributed by atoms with Crippen LogP contribution in [0.2, 0.25) is 10.0 Å². The van der Waals surface area contributed by atoms with Gasteiger partial charge in [-0.15, -0.1) is 0 Å². The Hall–Kier alpha value is -1.55. The van der Waals surface area contributed by atoms with Crippen LogP contribution in [0.3, 0.4) is 0 Å². The van der Waals surface area contributed by atoms with Gasteiger partial charge in [-0.1, -0.05) is 47.0 Å². The summed E-state index contributed by atoms with van der Waals surface area (Å²) in [6, 6.07) is 12.2. The lowest BCUT2D eigenvalue weighted by atomic mass is 9.88. The Balaban J connectivity index is 2.00. The molecule has 1 aliphatic heterocycles. The van der Waals surface area contributed by atoms with E-state index in [0.717, 1.165) is 16.8 Å². The zero-order chi connectivity index (χ0) is 15.1. The van der Waals surface area contributed by atoms with Gasteiger partial charge in [0.15, 0.2) is 0 Å². The monoisotopic (exact) mass is 320 g/mol. The van der Waals surface area contributed by atoms with Crippen molar-refractivity contribution >= 4 is 34.8 Å². The molecule has 0 aliphatic carbocycles. The van der Waals surface area contributed by atoms with Crippen LogP contribution in [-0.4, -0.2) is 11.9 Å². The molecule has 3 rings (SSSR count). The fraction of sp³-hybridized carbons (Fsp3) is 0.188. The molecule has 0 bridgehead atoms. The Kier molecular flexibility index (Phi) is 3.66. The van der Waals surface area contributed by atoms with Crippen molar-refractivity contribution in [1.82, 2.24) is 0 Å². The van der Waals surface area contributed by atoms with Crippen molar-refractivity contribution in [3.63, 3.8) is 0 Å². The van der Waals surface area contributed by atoms with E-state index in [1.807, 2.05) is 37.3 Å². The highest BCUT2D eigenvalue weighted by molar-refractivity contribution is 6.35. The van der Waals surface area contributed by atoms with Crippen molar-refractivity contribution < 1.29 is 4.79 Å².